The molecule has 0 N–H and O–H groups in total. The third-order valence-electron chi connectivity index (χ3n) is 2.93. The Balaban J connectivity index is 0.00000420. The predicted molar refractivity (Wildman–Crippen MR) is 108 cm³/mol. The summed E-state index contributed by atoms with van der Waals surface area (Å²) in [5.74, 6) is -1.06. The minimum absolute atomic E-state index is 0. The van der Waals surface area contributed by atoms with Gasteiger partial charge in [0.05, 0.1) is 11.1 Å². The van der Waals surface area contributed by atoms with Gasteiger partial charge in [-0.1, -0.05) is 34.5 Å². The second-order valence-corrected chi connectivity index (χ2v) is 5.50. The molecule has 144 valence electrons. The standard InChI is InChI=1S/C14H8BI2N4O7.Li/c16-25-11-7-3-1-5-9(11)13(22)18-20-27-15(24)28-21-19-14(23)10-6-2-4-8-12(10)26-17;/h1-8H;/q-1;+1. The molecule has 0 aliphatic rings. The van der Waals surface area contributed by atoms with Crippen molar-refractivity contribution < 1.29 is 49.1 Å². The van der Waals surface area contributed by atoms with E-state index in [-0.39, 0.29) is 41.5 Å². The summed E-state index contributed by atoms with van der Waals surface area (Å²) in [5, 5.41) is 23.7. The summed E-state index contributed by atoms with van der Waals surface area (Å²) in [7, 11) is -2.29. The molecule has 2 rings (SSSR count). The van der Waals surface area contributed by atoms with E-state index in [0.29, 0.717) is 0 Å². The molecule has 2 amide bonds. The zero-order valence-electron chi connectivity index (χ0n) is 14.6. The van der Waals surface area contributed by atoms with Gasteiger partial charge in [-0.05, 0) is 24.3 Å². The van der Waals surface area contributed by atoms with Crippen LogP contribution >= 0.6 is 46.0 Å². The molecule has 0 bridgehead atoms. The largest absolute Gasteiger partial charge is 1.00 e. The van der Waals surface area contributed by atoms with Gasteiger partial charge in [-0.15, -0.1) is 0 Å². The molecule has 0 unspecified atom stereocenters. The van der Waals surface area contributed by atoms with E-state index in [1.54, 1.807) is 82.4 Å². The number of para-hydroxylation sites is 2. The van der Waals surface area contributed by atoms with Gasteiger partial charge in [0.2, 0.25) is 0 Å². The number of carbonyl (C=O) groups excluding carboxylic acids is 2. The molecule has 2 aromatic carbocycles. The number of halogens is 2. The molecule has 0 spiro atoms. The number of carbonyl (C=O) groups is 2. The smallest absolute Gasteiger partial charge is 0.805 e. The summed E-state index contributed by atoms with van der Waals surface area (Å²) in [6, 6.07) is 12.5. The third kappa shape index (κ3) is 7.89. The van der Waals surface area contributed by atoms with Crippen LogP contribution in [0.15, 0.2) is 69.3 Å². The molecular weight excluding hydrogens is 608 g/mol. The van der Waals surface area contributed by atoms with Crippen molar-refractivity contribution in [2.75, 3.05) is 0 Å². The van der Waals surface area contributed by atoms with Gasteiger partial charge in [0, 0.05) is 10.6 Å². The maximum absolute atomic E-state index is 11.9. The molecule has 0 radical (unpaired) electrons. The first-order chi connectivity index (χ1) is 13.6. The molecule has 0 atom stereocenters. The molecule has 0 fully saturated rings. The zero-order valence-corrected chi connectivity index (χ0v) is 18.9. The number of hydrogen-bond acceptors (Lipinski definition) is 9. The van der Waals surface area contributed by atoms with Gasteiger partial charge in [0.1, 0.15) is 11.5 Å². The minimum Gasteiger partial charge on any atom is -0.805 e. The number of nitrogens with zero attached hydrogens (tertiary/aromatic N) is 4. The Kier molecular flexibility index (Phi) is 11.8. The fraction of sp³-hybridized carbons (Fsp3) is 0. The van der Waals surface area contributed by atoms with E-state index in [0.717, 1.165) is 0 Å². The van der Waals surface area contributed by atoms with E-state index in [2.05, 4.69) is 30.3 Å². The summed E-state index contributed by atoms with van der Waals surface area (Å²) in [4.78, 5) is 23.7. The Morgan fingerprint density at radius 3 is 1.55 bits per heavy atom. The maximum atomic E-state index is 11.9. The van der Waals surface area contributed by atoms with Crippen LogP contribution in [0, 0.1) is 0 Å². The van der Waals surface area contributed by atoms with Gasteiger partial charge in [-0.2, -0.15) is 0 Å². The van der Waals surface area contributed by atoms with Gasteiger partial charge in [-0.3, -0.25) is 9.59 Å². The predicted octanol–water partition coefficient (Wildman–Crippen LogP) is 0.242. The summed E-state index contributed by atoms with van der Waals surface area (Å²) >= 11 is 3.21. The molecule has 0 heterocycles. The first-order valence-electron chi connectivity index (χ1n) is 7.20. The first-order valence-corrected chi connectivity index (χ1v) is 8.96. The Morgan fingerprint density at radius 1 is 0.793 bits per heavy atom. The average molecular weight is 616 g/mol. The fourth-order valence-electron chi connectivity index (χ4n) is 1.75. The molecule has 11 nitrogen and oxygen atoms in total. The van der Waals surface area contributed by atoms with Gasteiger partial charge < -0.3 is 20.7 Å². The molecule has 0 aliphatic carbocycles. The van der Waals surface area contributed by atoms with E-state index in [9.17, 15) is 14.6 Å². The topological polar surface area (TPSA) is 144 Å². The number of rotatable bonds is 8. The van der Waals surface area contributed by atoms with Crippen molar-refractivity contribution in [3.63, 3.8) is 0 Å². The van der Waals surface area contributed by atoms with Crippen molar-refractivity contribution in [3.05, 3.63) is 59.7 Å². The van der Waals surface area contributed by atoms with Gasteiger partial charge in [-0.25, -0.2) is 0 Å². The van der Waals surface area contributed by atoms with Crippen molar-refractivity contribution in [1.29, 1.82) is 0 Å². The average Bonchev–Trinajstić information content (AvgIpc) is 2.73. The second-order valence-electron chi connectivity index (χ2n) is 4.62. The quantitative estimate of drug-likeness (QED) is 0.179. The van der Waals surface area contributed by atoms with Crippen LogP contribution in [0.25, 0.3) is 0 Å². The Morgan fingerprint density at radius 2 is 1.17 bits per heavy atom. The van der Waals surface area contributed by atoms with Crippen LogP contribution in [0.1, 0.15) is 20.7 Å². The van der Waals surface area contributed by atoms with Crippen molar-refractivity contribution in [2.24, 2.45) is 20.8 Å². The Bertz CT molecular complexity index is 834. The molecule has 2 aromatic rings. The molecule has 0 saturated heterocycles. The van der Waals surface area contributed by atoms with E-state index < -0.39 is 19.1 Å². The van der Waals surface area contributed by atoms with E-state index in [4.69, 9.17) is 6.13 Å². The number of amides is 2. The van der Waals surface area contributed by atoms with E-state index >= 15 is 0 Å². The van der Waals surface area contributed by atoms with Crippen LogP contribution in [-0.4, -0.2) is 19.1 Å². The first kappa shape index (κ1) is 25.3. The van der Waals surface area contributed by atoms with Gasteiger partial charge in [0.25, 0.3) is 0 Å². The molecule has 0 aromatic heterocycles. The summed E-state index contributed by atoms with van der Waals surface area (Å²) in [5.41, 5.74) is 0.239. The molecule has 15 heteroatoms. The number of benzene rings is 2. The van der Waals surface area contributed by atoms with Crippen molar-refractivity contribution >= 4 is 65.1 Å². The van der Waals surface area contributed by atoms with Crippen LogP contribution in [0.2, 0.25) is 0 Å². The van der Waals surface area contributed by atoms with E-state index in [1.165, 1.54) is 12.1 Å². The Hall–Kier alpha value is -1.74. The summed E-state index contributed by atoms with van der Waals surface area (Å²) in [6.45, 7) is 0. The van der Waals surface area contributed by atoms with Crippen LogP contribution in [0.3, 0.4) is 0 Å². The van der Waals surface area contributed by atoms with Crippen LogP contribution in [0.5, 0.6) is 11.5 Å². The molecular formula is C14H8BI2LiN4O7. The summed E-state index contributed by atoms with van der Waals surface area (Å²) < 4.78 is 18.5. The molecule has 0 saturated carbocycles. The SMILES string of the molecule is O=C(N=NOB([O-])ON=NC(=O)c1ccccc1OI)c1ccccc1OI.[Li+]. The molecule has 0 aliphatic heterocycles. The van der Waals surface area contributed by atoms with Crippen molar-refractivity contribution in [3.8, 4) is 11.5 Å². The normalized spacial score (nSPS) is 10.3. The Labute approximate surface area is 204 Å². The van der Waals surface area contributed by atoms with E-state index in [1.807, 2.05) is 0 Å². The minimum atomic E-state index is -2.29. The van der Waals surface area contributed by atoms with Crippen molar-refractivity contribution in [1.82, 2.24) is 0 Å². The number of hydrogen-bond donors (Lipinski definition) is 0. The third-order valence-corrected chi connectivity index (χ3v) is 3.88. The zero-order chi connectivity index (χ0) is 20.4. The van der Waals surface area contributed by atoms with Crippen molar-refractivity contribution in [2.45, 2.75) is 0 Å². The monoisotopic (exact) mass is 616 g/mol. The van der Waals surface area contributed by atoms with Gasteiger partial charge in [0.15, 0.2) is 46.0 Å². The molecule has 29 heavy (non-hydrogen) atoms. The van der Waals surface area contributed by atoms with Crippen LogP contribution < -0.4 is 30.0 Å². The maximum Gasteiger partial charge on any atom is 1.00 e. The van der Waals surface area contributed by atoms with Crippen LogP contribution in [-0.2, 0) is 9.51 Å². The summed E-state index contributed by atoms with van der Waals surface area (Å²) in [6.07, 6.45) is 0. The second kappa shape index (κ2) is 13.5. The van der Waals surface area contributed by atoms with Gasteiger partial charge >= 0.3 is 38.0 Å². The fourth-order valence-corrected chi connectivity index (χ4v) is 2.51. The van der Waals surface area contributed by atoms with Crippen LogP contribution in [0.4, 0.5) is 0 Å².